The van der Waals surface area contributed by atoms with E-state index in [0.717, 1.165) is 30.5 Å². The number of nitriles is 1. The van der Waals surface area contributed by atoms with Crippen LogP contribution in [0.1, 0.15) is 25.0 Å². The van der Waals surface area contributed by atoms with Crippen LogP contribution in [0.25, 0.3) is 11.3 Å². The van der Waals surface area contributed by atoms with Crippen LogP contribution < -0.4 is 4.74 Å². The Labute approximate surface area is 123 Å². The van der Waals surface area contributed by atoms with Crippen LogP contribution in [0.15, 0.2) is 30.6 Å². The number of nitrogens with zero attached hydrogens (tertiary/aromatic N) is 4. The van der Waals surface area contributed by atoms with E-state index in [4.69, 9.17) is 10.00 Å². The van der Waals surface area contributed by atoms with Gasteiger partial charge in [0.15, 0.2) is 0 Å². The topological polar surface area (TPSA) is 71.7 Å². The molecule has 0 unspecified atom stereocenters. The Kier molecular flexibility index (Phi) is 3.53. The molecular weight excluding hydrogens is 264 g/mol. The van der Waals surface area contributed by atoms with E-state index in [-0.39, 0.29) is 5.41 Å². The predicted molar refractivity (Wildman–Crippen MR) is 77.1 cm³/mol. The second-order valence-electron chi connectivity index (χ2n) is 5.30. The smallest absolute Gasteiger partial charge is 0.316 e. The van der Waals surface area contributed by atoms with E-state index >= 15 is 0 Å². The maximum atomic E-state index is 9.15. The van der Waals surface area contributed by atoms with Crippen molar-refractivity contribution in [1.82, 2.24) is 15.0 Å². The molecule has 1 fully saturated rings. The minimum atomic E-state index is -0.341. The first-order chi connectivity index (χ1) is 10.2. The molecule has 0 aromatic carbocycles. The van der Waals surface area contributed by atoms with Crippen molar-refractivity contribution in [2.24, 2.45) is 5.41 Å². The Balaban J connectivity index is 1.68. The summed E-state index contributed by atoms with van der Waals surface area (Å²) in [6.45, 7) is 4.16. The average Bonchev–Trinajstić information content (AvgIpc) is 2.47. The van der Waals surface area contributed by atoms with E-state index in [1.54, 1.807) is 12.4 Å². The molecule has 2 aromatic heterocycles. The van der Waals surface area contributed by atoms with Gasteiger partial charge in [-0.05, 0) is 31.9 Å². The van der Waals surface area contributed by atoms with E-state index in [1.165, 1.54) is 0 Å². The molecule has 5 nitrogen and oxygen atoms in total. The van der Waals surface area contributed by atoms with Crippen LogP contribution in [0, 0.1) is 23.7 Å². The van der Waals surface area contributed by atoms with Crippen molar-refractivity contribution in [3.05, 3.63) is 43.2 Å². The first kappa shape index (κ1) is 13.5. The molecule has 0 aliphatic heterocycles. The van der Waals surface area contributed by atoms with Gasteiger partial charge in [0.25, 0.3) is 0 Å². The highest BCUT2D eigenvalue weighted by Crippen LogP contribution is 2.40. The fourth-order valence-corrected chi connectivity index (χ4v) is 2.26. The first-order valence-corrected chi connectivity index (χ1v) is 6.86. The standard InChI is InChI=1S/C16H15N4O/c1-12-4-2-5-14(20-12)13-8-18-15(19-9-13)21-11-16(10-17)6-3-7-16/h2,4-5,8-9H,1,3,6-7,11H2. The molecule has 3 rings (SSSR count). The first-order valence-electron chi connectivity index (χ1n) is 6.86. The molecule has 105 valence electrons. The number of rotatable bonds is 4. The van der Waals surface area contributed by atoms with Gasteiger partial charge in [-0.2, -0.15) is 5.26 Å². The Hall–Kier alpha value is -2.48. The van der Waals surface area contributed by atoms with E-state index in [0.29, 0.717) is 18.3 Å². The molecular formula is C16H15N4O. The van der Waals surface area contributed by atoms with Gasteiger partial charge in [0.2, 0.25) is 0 Å². The van der Waals surface area contributed by atoms with Gasteiger partial charge in [-0.3, -0.25) is 4.98 Å². The number of hydrogen-bond donors (Lipinski definition) is 0. The van der Waals surface area contributed by atoms with E-state index in [1.807, 2.05) is 18.2 Å². The molecule has 2 aromatic rings. The maximum absolute atomic E-state index is 9.15. The van der Waals surface area contributed by atoms with Crippen molar-refractivity contribution < 1.29 is 4.74 Å². The van der Waals surface area contributed by atoms with Gasteiger partial charge in [0.05, 0.1) is 17.2 Å². The quantitative estimate of drug-likeness (QED) is 0.860. The molecule has 1 radical (unpaired) electrons. The molecule has 5 heteroatoms. The number of ether oxygens (including phenoxy) is 1. The van der Waals surface area contributed by atoms with Gasteiger partial charge in [-0.25, -0.2) is 9.97 Å². The third kappa shape index (κ3) is 2.84. The normalized spacial score (nSPS) is 15.8. The van der Waals surface area contributed by atoms with Crippen LogP contribution in [0.2, 0.25) is 0 Å². The van der Waals surface area contributed by atoms with Crippen molar-refractivity contribution in [2.75, 3.05) is 6.61 Å². The van der Waals surface area contributed by atoms with Crippen molar-refractivity contribution in [3.63, 3.8) is 0 Å². The van der Waals surface area contributed by atoms with E-state index < -0.39 is 0 Å². The summed E-state index contributed by atoms with van der Waals surface area (Å²) in [7, 11) is 0. The van der Waals surface area contributed by atoms with Crippen LogP contribution >= 0.6 is 0 Å². The maximum Gasteiger partial charge on any atom is 0.316 e. The number of pyridine rings is 1. The lowest BCUT2D eigenvalue weighted by Gasteiger charge is -2.34. The molecule has 1 aliphatic carbocycles. The molecule has 1 saturated carbocycles. The highest BCUT2D eigenvalue weighted by Gasteiger charge is 2.38. The van der Waals surface area contributed by atoms with Gasteiger partial charge in [-0.1, -0.05) is 12.5 Å². The summed E-state index contributed by atoms with van der Waals surface area (Å²) in [5.74, 6) is 0. The second-order valence-corrected chi connectivity index (χ2v) is 5.30. The molecule has 0 N–H and O–H groups in total. The summed E-state index contributed by atoms with van der Waals surface area (Å²) in [4.78, 5) is 12.7. The summed E-state index contributed by atoms with van der Waals surface area (Å²) in [6, 6.07) is 8.24. The van der Waals surface area contributed by atoms with Gasteiger partial charge < -0.3 is 4.74 Å². The molecule has 0 spiro atoms. The SMILES string of the molecule is [CH2]c1cccc(-c2cnc(OCC3(C#N)CCC3)nc2)n1. The van der Waals surface area contributed by atoms with Crippen LogP contribution in [0.5, 0.6) is 6.01 Å². The molecule has 0 atom stereocenters. The van der Waals surface area contributed by atoms with Gasteiger partial charge >= 0.3 is 6.01 Å². The summed E-state index contributed by atoms with van der Waals surface area (Å²) in [5.41, 5.74) is 1.95. The highest BCUT2D eigenvalue weighted by atomic mass is 16.5. The number of aromatic nitrogens is 3. The second kappa shape index (κ2) is 5.49. The van der Waals surface area contributed by atoms with Crippen LogP contribution in [0.3, 0.4) is 0 Å². The van der Waals surface area contributed by atoms with Crippen LogP contribution in [0.4, 0.5) is 0 Å². The molecule has 0 amide bonds. The predicted octanol–water partition coefficient (Wildman–Crippen LogP) is 2.79. The molecule has 21 heavy (non-hydrogen) atoms. The zero-order chi connectivity index (χ0) is 14.7. The lowest BCUT2D eigenvalue weighted by Crippen LogP contribution is -2.34. The van der Waals surface area contributed by atoms with Crippen molar-refractivity contribution >= 4 is 0 Å². The fraction of sp³-hybridized carbons (Fsp3) is 0.312. The molecule has 0 bridgehead atoms. The zero-order valence-electron chi connectivity index (χ0n) is 11.6. The molecule has 0 saturated heterocycles. The van der Waals surface area contributed by atoms with Crippen LogP contribution in [-0.2, 0) is 0 Å². The van der Waals surface area contributed by atoms with E-state index in [9.17, 15) is 0 Å². The Morgan fingerprint density at radius 1 is 1.29 bits per heavy atom. The molecule has 2 heterocycles. The Morgan fingerprint density at radius 2 is 2.05 bits per heavy atom. The summed E-state index contributed by atoms with van der Waals surface area (Å²) in [5, 5.41) is 9.15. The minimum Gasteiger partial charge on any atom is -0.462 e. The van der Waals surface area contributed by atoms with Crippen LogP contribution in [-0.4, -0.2) is 21.6 Å². The fourth-order valence-electron chi connectivity index (χ4n) is 2.26. The Bertz CT molecular complexity index is 671. The van der Waals surface area contributed by atoms with Gasteiger partial charge in [0.1, 0.15) is 6.61 Å². The number of hydrogen-bond acceptors (Lipinski definition) is 5. The van der Waals surface area contributed by atoms with Crippen molar-refractivity contribution in [1.29, 1.82) is 5.26 Å². The Morgan fingerprint density at radius 3 is 2.62 bits per heavy atom. The summed E-state index contributed by atoms with van der Waals surface area (Å²) < 4.78 is 5.54. The summed E-state index contributed by atoms with van der Waals surface area (Å²) >= 11 is 0. The van der Waals surface area contributed by atoms with Crippen molar-refractivity contribution in [3.8, 4) is 23.3 Å². The lowest BCUT2D eigenvalue weighted by molar-refractivity contribution is 0.108. The largest absolute Gasteiger partial charge is 0.462 e. The van der Waals surface area contributed by atoms with Crippen molar-refractivity contribution in [2.45, 2.75) is 19.3 Å². The highest BCUT2D eigenvalue weighted by molar-refractivity contribution is 5.56. The van der Waals surface area contributed by atoms with Gasteiger partial charge in [0, 0.05) is 23.7 Å². The van der Waals surface area contributed by atoms with Gasteiger partial charge in [-0.15, -0.1) is 0 Å². The molecule has 1 aliphatic rings. The lowest BCUT2D eigenvalue weighted by atomic mass is 9.71. The third-order valence-electron chi connectivity index (χ3n) is 3.76. The van der Waals surface area contributed by atoms with E-state index in [2.05, 4.69) is 27.9 Å². The average molecular weight is 279 g/mol. The minimum absolute atomic E-state index is 0.297. The monoisotopic (exact) mass is 279 g/mol. The third-order valence-corrected chi connectivity index (χ3v) is 3.76. The summed E-state index contributed by atoms with van der Waals surface area (Å²) in [6.07, 6.45) is 6.21. The zero-order valence-corrected chi connectivity index (χ0v) is 11.6.